The summed E-state index contributed by atoms with van der Waals surface area (Å²) in [5, 5.41) is -3.21. The molecule has 0 amide bonds. The Kier molecular flexibility index (Phi) is 7.40. The van der Waals surface area contributed by atoms with E-state index in [0.717, 1.165) is 13.5 Å². The van der Waals surface area contributed by atoms with Crippen LogP contribution in [0.5, 0.6) is 0 Å². The SMILES string of the molecule is CC[n+]1cc(S(=O)(=O)C(F)(F)F)n(C)c1S(=O)(=O)C(F)(F)F.CCn1cc[n+](C)c1. The Labute approximate surface area is 168 Å². The quantitative estimate of drug-likeness (QED) is 0.481. The summed E-state index contributed by atoms with van der Waals surface area (Å²) in [5.41, 5.74) is -11.6. The van der Waals surface area contributed by atoms with Gasteiger partial charge >= 0.3 is 35.8 Å². The molecule has 0 aromatic carbocycles. The molecule has 2 heterocycles. The summed E-state index contributed by atoms with van der Waals surface area (Å²) in [4.78, 5) is 0. The maximum Gasteiger partial charge on any atom is 0.509 e. The molecule has 2 rings (SSSR count). The number of aryl methyl sites for hydroxylation is 3. The first-order valence-electron chi connectivity index (χ1n) is 8.14. The summed E-state index contributed by atoms with van der Waals surface area (Å²) < 4.78 is 125. The zero-order valence-electron chi connectivity index (χ0n) is 16.2. The first-order chi connectivity index (χ1) is 13.4. The van der Waals surface area contributed by atoms with E-state index >= 15 is 0 Å². The van der Waals surface area contributed by atoms with E-state index < -0.39 is 47.4 Å². The van der Waals surface area contributed by atoms with E-state index in [9.17, 15) is 43.2 Å². The van der Waals surface area contributed by atoms with Gasteiger partial charge in [-0.3, -0.25) is 0 Å². The Hall–Kier alpha value is -2.10. The number of sulfone groups is 2. The highest BCUT2D eigenvalue weighted by molar-refractivity contribution is 7.92. The van der Waals surface area contributed by atoms with E-state index in [0.29, 0.717) is 7.05 Å². The van der Waals surface area contributed by atoms with E-state index in [4.69, 9.17) is 0 Å². The topological polar surface area (TPSA) is 85.9 Å². The first-order valence-corrected chi connectivity index (χ1v) is 11.1. The molecular weight excluding hydrogens is 466 g/mol. The Balaban J connectivity index is 0.000000467. The normalized spacial score (nSPS) is 13.1. The number of nitrogens with zero attached hydrogens (tertiary/aromatic N) is 4. The predicted octanol–water partition coefficient (Wildman–Crippen LogP) is 1.25. The van der Waals surface area contributed by atoms with Crippen LogP contribution in [-0.4, -0.2) is 37.0 Å². The fraction of sp³-hybridized carbons (Fsp3) is 0.571. The molecule has 0 aliphatic carbocycles. The smallest absolute Gasteiger partial charge is 0.240 e. The van der Waals surface area contributed by atoms with Gasteiger partial charge in [0.25, 0.3) is 5.03 Å². The van der Waals surface area contributed by atoms with Crippen molar-refractivity contribution in [2.45, 2.75) is 48.1 Å². The van der Waals surface area contributed by atoms with Crippen LogP contribution in [0.25, 0.3) is 0 Å². The van der Waals surface area contributed by atoms with Crippen LogP contribution >= 0.6 is 0 Å². The van der Waals surface area contributed by atoms with Crippen LogP contribution in [0.2, 0.25) is 0 Å². The maximum atomic E-state index is 12.6. The van der Waals surface area contributed by atoms with E-state index in [1.165, 1.54) is 0 Å². The van der Waals surface area contributed by atoms with Gasteiger partial charge in [0.05, 0.1) is 27.2 Å². The molecule has 0 N–H and O–H groups in total. The van der Waals surface area contributed by atoms with Crippen molar-refractivity contribution in [1.82, 2.24) is 9.13 Å². The van der Waals surface area contributed by atoms with Crippen molar-refractivity contribution in [2.75, 3.05) is 0 Å². The molecule has 0 saturated heterocycles. The van der Waals surface area contributed by atoms with Crippen molar-refractivity contribution < 1.29 is 52.3 Å². The van der Waals surface area contributed by atoms with Crippen molar-refractivity contribution in [1.29, 1.82) is 0 Å². The van der Waals surface area contributed by atoms with Crippen LogP contribution in [0.4, 0.5) is 26.3 Å². The molecule has 2 aromatic rings. The summed E-state index contributed by atoms with van der Waals surface area (Å²) in [6.07, 6.45) is 6.34. The standard InChI is InChI=1S/C8H9F6N2O4S2.C6H11N2/c1-3-16-4-5(21(17,18)7(9,10)11)15(2)6(16)22(19,20)8(12,13)14;1-3-8-5-4-7(2)6-8/h4H,3H2,1-2H3;4-6H,3H2,1-2H3/q2*+1. The van der Waals surface area contributed by atoms with Crippen LogP contribution in [0, 0.1) is 0 Å². The molecule has 0 aliphatic heterocycles. The number of halogens is 6. The Morgan fingerprint density at radius 2 is 1.47 bits per heavy atom. The maximum absolute atomic E-state index is 12.6. The number of rotatable bonds is 4. The number of imidazole rings is 2. The van der Waals surface area contributed by atoms with Crippen LogP contribution in [0.1, 0.15) is 13.8 Å². The van der Waals surface area contributed by atoms with Gasteiger partial charge in [-0.25, -0.2) is 35.1 Å². The zero-order valence-corrected chi connectivity index (χ0v) is 17.9. The van der Waals surface area contributed by atoms with Crippen LogP contribution in [0.3, 0.4) is 0 Å². The summed E-state index contributed by atoms with van der Waals surface area (Å²) >= 11 is 0. The summed E-state index contributed by atoms with van der Waals surface area (Å²) in [6, 6.07) is 0. The van der Waals surface area contributed by atoms with Crippen LogP contribution in [-0.2, 0) is 46.9 Å². The molecule has 0 bridgehead atoms. The van der Waals surface area contributed by atoms with Gasteiger partial charge in [0, 0.05) is 0 Å². The minimum atomic E-state index is -6.04. The van der Waals surface area contributed by atoms with Crippen LogP contribution in [0.15, 0.2) is 35.1 Å². The third-order valence-electron chi connectivity index (χ3n) is 3.78. The van der Waals surface area contributed by atoms with Crippen LogP contribution < -0.4 is 9.13 Å². The highest BCUT2D eigenvalue weighted by atomic mass is 32.2. The fourth-order valence-electron chi connectivity index (χ4n) is 2.28. The third kappa shape index (κ3) is 4.96. The highest BCUT2D eigenvalue weighted by Crippen LogP contribution is 2.33. The van der Waals surface area contributed by atoms with Crippen molar-refractivity contribution >= 4 is 19.7 Å². The second kappa shape index (κ2) is 8.56. The monoisotopic (exact) mass is 486 g/mol. The Morgan fingerprint density at radius 1 is 0.967 bits per heavy atom. The second-order valence-corrected chi connectivity index (χ2v) is 9.63. The molecule has 0 unspecified atom stereocenters. The molecule has 0 spiro atoms. The lowest BCUT2D eigenvalue weighted by Crippen LogP contribution is -2.41. The van der Waals surface area contributed by atoms with Crippen molar-refractivity contribution in [3.63, 3.8) is 0 Å². The second-order valence-electron chi connectivity index (χ2n) is 5.90. The minimum Gasteiger partial charge on any atom is -0.240 e. The molecule has 0 radical (unpaired) electrons. The number of hydrogen-bond donors (Lipinski definition) is 0. The van der Waals surface area contributed by atoms with Crippen molar-refractivity contribution in [3.05, 3.63) is 24.9 Å². The van der Waals surface area contributed by atoms with E-state index in [1.54, 1.807) is 0 Å². The van der Waals surface area contributed by atoms with Gasteiger partial charge in [0.2, 0.25) is 6.33 Å². The molecule has 0 atom stereocenters. The molecule has 30 heavy (non-hydrogen) atoms. The van der Waals surface area contributed by atoms with E-state index in [2.05, 4.69) is 24.0 Å². The molecule has 2 aromatic heterocycles. The van der Waals surface area contributed by atoms with Gasteiger partial charge in [-0.1, -0.05) is 0 Å². The highest BCUT2D eigenvalue weighted by Gasteiger charge is 2.57. The molecule has 0 saturated carbocycles. The zero-order chi connectivity index (χ0) is 23.7. The first kappa shape index (κ1) is 25.9. The Morgan fingerprint density at radius 3 is 1.77 bits per heavy atom. The van der Waals surface area contributed by atoms with Gasteiger partial charge in [0.1, 0.15) is 12.4 Å². The average Bonchev–Trinajstić information content (AvgIpc) is 3.16. The lowest BCUT2D eigenvalue weighted by molar-refractivity contribution is -0.731. The Bertz CT molecular complexity index is 1100. The predicted molar refractivity (Wildman–Crippen MR) is 89.0 cm³/mol. The number of aromatic nitrogens is 4. The lowest BCUT2D eigenvalue weighted by Gasteiger charge is -2.07. The minimum absolute atomic E-state index is 0.158. The molecule has 16 heteroatoms. The van der Waals surface area contributed by atoms with E-state index in [1.807, 2.05) is 17.8 Å². The molecule has 0 aliphatic rings. The van der Waals surface area contributed by atoms with Gasteiger partial charge in [-0.15, -0.1) is 0 Å². The van der Waals surface area contributed by atoms with Gasteiger partial charge < -0.3 is 0 Å². The molecule has 8 nitrogen and oxygen atoms in total. The molecule has 172 valence electrons. The number of alkyl halides is 6. The van der Waals surface area contributed by atoms with Gasteiger partial charge in [0.15, 0.2) is 6.20 Å². The lowest BCUT2D eigenvalue weighted by atomic mass is 10.7. The van der Waals surface area contributed by atoms with Crippen molar-refractivity contribution in [2.24, 2.45) is 14.1 Å². The van der Waals surface area contributed by atoms with Gasteiger partial charge in [-0.05, 0) is 13.8 Å². The molecule has 0 fully saturated rings. The van der Waals surface area contributed by atoms with Gasteiger partial charge in [-0.2, -0.15) is 26.3 Å². The summed E-state index contributed by atoms with van der Waals surface area (Å²) in [6.45, 7) is 3.83. The molecular formula is C14H20F6N4O4S2+2. The fourth-order valence-corrected chi connectivity index (χ4v) is 4.45. The summed E-state index contributed by atoms with van der Waals surface area (Å²) in [7, 11) is -9.55. The summed E-state index contributed by atoms with van der Waals surface area (Å²) in [5.74, 6) is 0. The largest absolute Gasteiger partial charge is 0.509 e. The third-order valence-corrected chi connectivity index (χ3v) is 6.92. The van der Waals surface area contributed by atoms with Crippen molar-refractivity contribution in [3.8, 4) is 0 Å². The average molecular weight is 486 g/mol. The number of hydrogen-bond acceptors (Lipinski definition) is 4. The van der Waals surface area contributed by atoms with E-state index in [-0.39, 0.29) is 15.3 Å².